The fourth-order valence-electron chi connectivity index (χ4n) is 3.68. The Morgan fingerprint density at radius 2 is 1.89 bits per heavy atom. The first kappa shape index (κ1) is 27.4. The fraction of sp³-hybridized carbons (Fsp3) is 0.500. The zero-order valence-electron chi connectivity index (χ0n) is 19.5. The summed E-state index contributed by atoms with van der Waals surface area (Å²) in [6.07, 6.45) is -4.84. The van der Waals surface area contributed by atoms with Crippen LogP contribution in [-0.4, -0.2) is 68.3 Å². The highest BCUT2D eigenvalue weighted by atomic mass is 32.2. The number of alkyl halides is 3. The Hall–Kier alpha value is -2.19. The van der Waals surface area contributed by atoms with Crippen molar-refractivity contribution < 1.29 is 31.5 Å². The van der Waals surface area contributed by atoms with Crippen molar-refractivity contribution in [2.75, 3.05) is 31.5 Å². The second kappa shape index (κ2) is 10.1. The number of aliphatic hydroxyl groups is 1. The van der Waals surface area contributed by atoms with Crippen LogP contribution < -0.4 is 15.4 Å². The van der Waals surface area contributed by atoms with Crippen LogP contribution in [0.4, 0.5) is 18.9 Å². The van der Waals surface area contributed by atoms with Gasteiger partial charge in [0.05, 0.1) is 11.6 Å². The van der Waals surface area contributed by atoms with Crippen LogP contribution in [0.5, 0.6) is 0 Å². The summed E-state index contributed by atoms with van der Waals surface area (Å²) in [6.45, 7) is 5.46. The summed E-state index contributed by atoms with van der Waals surface area (Å²) >= 11 is 1.08. The zero-order valence-corrected chi connectivity index (χ0v) is 21.1. The summed E-state index contributed by atoms with van der Waals surface area (Å²) < 4.78 is 67.5. The normalized spacial score (nSPS) is 19.6. The third-order valence-electron chi connectivity index (χ3n) is 6.10. The summed E-state index contributed by atoms with van der Waals surface area (Å²) in [5.74, 6) is -0.152. The number of carbonyl (C=O) groups is 1. The first-order chi connectivity index (χ1) is 16.1. The van der Waals surface area contributed by atoms with E-state index in [2.05, 4.69) is 15.4 Å². The van der Waals surface area contributed by atoms with Crippen LogP contribution in [0.2, 0.25) is 0 Å². The molecule has 13 heteroatoms. The molecule has 8 nitrogen and oxygen atoms in total. The van der Waals surface area contributed by atoms with Gasteiger partial charge in [-0.2, -0.15) is 13.2 Å². The first-order valence-corrected chi connectivity index (χ1v) is 13.2. The lowest BCUT2D eigenvalue weighted by molar-refractivity contribution is -0.258. The number of amides is 1. The highest BCUT2D eigenvalue weighted by molar-refractivity contribution is 7.91. The lowest BCUT2D eigenvalue weighted by atomic mass is 9.95. The number of nitrogens with one attached hydrogen (secondary N) is 3. The van der Waals surface area contributed by atoms with E-state index in [4.69, 9.17) is 0 Å². The average Bonchev–Trinajstić information content (AvgIpc) is 3.31. The van der Waals surface area contributed by atoms with Crippen LogP contribution in [0.1, 0.15) is 26.3 Å². The molecule has 3 rings (SSSR count). The molecule has 194 valence electrons. The van der Waals surface area contributed by atoms with E-state index in [0.717, 1.165) is 11.3 Å². The van der Waals surface area contributed by atoms with Gasteiger partial charge in [0.2, 0.25) is 15.9 Å². The molecule has 2 atom stereocenters. The van der Waals surface area contributed by atoms with E-state index < -0.39 is 33.4 Å². The lowest BCUT2D eigenvalue weighted by Crippen LogP contribution is -2.64. The van der Waals surface area contributed by atoms with E-state index in [-0.39, 0.29) is 28.8 Å². The summed E-state index contributed by atoms with van der Waals surface area (Å²) in [4.78, 5) is 14.3. The van der Waals surface area contributed by atoms with Gasteiger partial charge in [0.15, 0.2) is 5.60 Å². The van der Waals surface area contributed by atoms with Gasteiger partial charge < -0.3 is 15.7 Å². The quantitative estimate of drug-likeness (QED) is 0.394. The molecule has 1 aliphatic rings. The van der Waals surface area contributed by atoms with Crippen LogP contribution in [0.15, 0.2) is 46.0 Å². The molecule has 0 spiro atoms. The van der Waals surface area contributed by atoms with Gasteiger partial charge in [-0.1, -0.05) is 18.2 Å². The number of hydrogen-bond acceptors (Lipinski definition) is 7. The highest BCUT2D eigenvalue weighted by Crippen LogP contribution is 2.38. The standard InChI is InChI=1S/C22H29F3N4O4S2/c1-20(2)19(30)26-10-11-29(20)14-17(13-27-35(32,33)18-5-4-12-34-18)28-16-8-6-15(7-9-16)21(3,31)22(23,24)25/h4-9,12,17,27-28,31H,10-11,13-14H2,1-3H3,(H,26,30)/t17-,21?/m1/s1. The summed E-state index contributed by atoms with van der Waals surface area (Å²) in [6, 6.07) is 7.71. The number of sulfonamides is 1. The van der Waals surface area contributed by atoms with Crippen molar-refractivity contribution in [2.24, 2.45) is 0 Å². The molecule has 35 heavy (non-hydrogen) atoms. The van der Waals surface area contributed by atoms with Crippen molar-refractivity contribution in [2.45, 2.75) is 48.3 Å². The maximum Gasteiger partial charge on any atom is 0.421 e. The molecule has 0 aliphatic carbocycles. The Kier molecular flexibility index (Phi) is 7.87. The van der Waals surface area contributed by atoms with E-state index in [1.165, 1.54) is 30.3 Å². The van der Waals surface area contributed by atoms with Gasteiger partial charge in [-0.15, -0.1) is 11.3 Å². The number of carbonyl (C=O) groups excluding carboxylic acids is 1. The number of anilines is 1. The molecule has 2 heterocycles. The molecule has 0 saturated carbocycles. The molecule has 1 saturated heterocycles. The maximum atomic E-state index is 13.2. The predicted octanol–water partition coefficient (Wildman–Crippen LogP) is 2.49. The molecule has 1 aromatic carbocycles. The Bertz CT molecular complexity index is 1120. The summed E-state index contributed by atoms with van der Waals surface area (Å²) in [5, 5.41) is 17.5. The molecule has 1 aliphatic heterocycles. The van der Waals surface area contributed by atoms with Crippen LogP contribution in [0, 0.1) is 0 Å². The van der Waals surface area contributed by atoms with E-state index >= 15 is 0 Å². The number of piperazine rings is 1. The van der Waals surface area contributed by atoms with Gasteiger partial charge >= 0.3 is 6.18 Å². The monoisotopic (exact) mass is 534 g/mol. The van der Waals surface area contributed by atoms with Gasteiger partial charge in [-0.25, -0.2) is 13.1 Å². The minimum Gasteiger partial charge on any atom is -0.380 e. The fourth-order valence-corrected chi connectivity index (χ4v) is 5.80. The molecule has 1 amide bonds. The van der Waals surface area contributed by atoms with E-state index in [9.17, 15) is 31.5 Å². The smallest absolute Gasteiger partial charge is 0.380 e. The number of benzene rings is 1. The second-order valence-electron chi connectivity index (χ2n) is 9.03. The minimum atomic E-state index is -4.84. The minimum absolute atomic E-state index is 0.0313. The zero-order chi connectivity index (χ0) is 26.1. The SMILES string of the molecule is CC1(C)C(=O)NCCN1C[C@@H](CNS(=O)(=O)c1cccs1)Nc1ccc(C(C)(O)C(F)(F)F)cc1. The summed E-state index contributed by atoms with van der Waals surface area (Å²) in [7, 11) is -3.75. The molecule has 1 unspecified atom stereocenters. The molecule has 1 aromatic heterocycles. The van der Waals surface area contributed by atoms with Crippen molar-refractivity contribution in [3.63, 3.8) is 0 Å². The Morgan fingerprint density at radius 1 is 1.23 bits per heavy atom. The third-order valence-corrected chi connectivity index (χ3v) is 8.92. The molecule has 1 fully saturated rings. The number of rotatable bonds is 9. The van der Waals surface area contributed by atoms with E-state index in [1.807, 2.05) is 4.90 Å². The summed E-state index contributed by atoms with van der Waals surface area (Å²) in [5.41, 5.74) is -3.72. The molecular weight excluding hydrogens is 505 g/mol. The number of hydrogen-bond donors (Lipinski definition) is 4. The Labute approximate surface area is 206 Å². The predicted molar refractivity (Wildman–Crippen MR) is 128 cm³/mol. The van der Waals surface area contributed by atoms with Crippen molar-refractivity contribution in [3.8, 4) is 0 Å². The van der Waals surface area contributed by atoms with Crippen LogP contribution in [0.25, 0.3) is 0 Å². The maximum absolute atomic E-state index is 13.2. The largest absolute Gasteiger partial charge is 0.421 e. The van der Waals surface area contributed by atoms with Gasteiger partial charge in [0.25, 0.3) is 0 Å². The molecule has 0 bridgehead atoms. The number of halogens is 3. The van der Waals surface area contributed by atoms with Crippen molar-refractivity contribution in [1.29, 1.82) is 0 Å². The third kappa shape index (κ3) is 6.15. The van der Waals surface area contributed by atoms with Crippen LogP contribution in [0.3, 0.4) is 0 Å². The highest BCUT2D eigenvalue weighted by Gasteiger charge is 2.51. The Balaban J connectivity index is 1.80. The Morgan fingerprint density at radius 3 is 2.46 bits per heavy atom. The molecule has 2 aromatic rings. The van der Waals surface area contributed by atoms with Crippen molar-refractivity contribution in [3.05, 3.63) is 47.3 Å². The van der Waals surface area contributed by atoms with Crippen molar-refractivity contribution >= 4 is 33.0 Å². The molecule has 4 N–H and O–H groups in total. The number of nitrogens with zero attached hydrogens (tertiary/aromatic N) is 1. The van der Waals surface area contributed by atoms with Gasteiger partial charge in [-0.3, -0.25) is 9.69 Å². The van der Waals surface area contributed by atoms with E-state index in [0.29, 0.717) is 25.7 Å². The molecule has 0 radical (unpaired) electrons. The average molecular weight is 535 g/mol. The first-order valence-electron chi connectivity index (χ1n) is 10.9. The van der Waals surface area contributed by atoms with E-state index in [1.54, 1.807) is 25.3 Å². The lowest BCUT2D eigenvalue weighted by Gasteiger charge is -2.43. The number of thiophene rings is 1. The van der Waals surface area contributed by atoms with Gasteiger partial charge in [0, 0.05) is 31.9 Å². The molecular formula is C22H29F3N4O4S2. The second-order valence-corrected chi connectivity index (χ2v) is 12.0. The van der Waals surface area contributed by atoms with Crippen LogP contribution in [-0.2, 0) is 20.4 Å². The van der Waals surface area contributed by atoms with Gasteiger partial charge in [-0.05, 0) is 49.9 Å². The van der Waals surface area contributed by atoms with Gasteiger partial charge in [0.1, 0.15) is 4.21 Å². The van der Waals surface area contributed by atoms with Crippen LogP contribution >= 0.6 is 11.3 Å². The van der Waals surface area contributed by atoms with Crippen molar-refractivity contribution in [1.82, 2.24) is 14.9 Å². The topological polar surface area (TPSA) is 111 Å².